The highest BCUT2D eigenvalue weighted by molar-refractivity contribution is 5.86. The van der Waals surface area contributed by atoms with Crippen molar-refractivity contribution in [3.8, 4) is 0 Å². The van der Waals surface area contributed by atoms with Crippen LogP contribution in [-0.4, -0.2) is 5.91 Å². The molecule has 0 aliphatic heterocycles. The van der Waals surface area contributed by atoms with E-state index in [1.165, 1.54) is 24.8 Å². The largest absolute Gasteiger partial charge is 0.369 e. The summed E-state index contributed by atoms with van der Waals surface area (Å²) < 4.78 is 0. The molecule has 0 saturated heterocycles. The highest BCUT2D eigenvalue weighted by atomic mass is 16.1. The first-order chi connectivity index (χ1) is 11.0. The number of hydrogen-bond donors (Lipinski definition) is 1. The first-order valence-corrected chi connectivity index (χ1v) is 9.32. The third-order valence-corrected chi connectivity index (χ3v) is 8.37. The van der Waals surface area contributed by atoms with Crippen LogP contribution in [0.1, 0.15) is 51.5 Å². The lowest BCUT2D eigenvalue weighted by molar-refractivity contribution is -0.270. The summed E-state index contributed by atoms with van der Waals surface area (Å²) in [6, 6.07) is 11.0. The van der Waals surface area contributed by atoms with Crippen LogP contribution < -0.4 is 5.73 Å². The zero-order valence-electron chi connectivity index (χ0n) is 14.2. The predicted molar refractivity (Wildman–Crippen MR) is 90.6 cm³/mol. The van der Waals surface area contributed by atoms with Gasteiger partial charge >= 0.3 is 0 Å². The Morgan fingerprint density at radius 1 is 1.22 bits per heavy atom. The summed E-state index contributed by atoms with van der Waals surface area (Å²) in [6.07, 6.45) is 5.97. The molecule has 1 spiro atoms. The van der Waals surface area contributed by atoms with Crippen molar-refractivity contribution in [2.75, 3.05) is 0 Å². The molecule has 2 N–H and O–H groups in total. The maximum Gasteiger partial charge on any atom is 0.224 e. The molecule has 1 aromatic carbocycles. The standard InChI is InChI=1S/C21H27NO/c1-13(2)8-16-14-9-20(18(22)23)12-19(15-6-4-3-5-7-15)11-17(16)21(19,20)10-14/h3-7,13-14,16-17H,8-12H2,1-2H3,(H2,22,23). The van der Waals surface area contributed by atoms with Gasteiger partial charge in [0.15, 0.2) is 0 Å². The van der Waals surface area contributed by atoms with Crippen molar-refractivity contribution >= 4 is 5.91 Å². The summed E-state index contributed by atoms with van der Waals surface area (Å²) in [4.78, 5) is 12.5. The maximum absolute atomic E-state index is 12.5. The fraction of sp³-hybridized carbons (Fsp3) is 0.667. The highest BCUT2D eigenvalue weighted by Crippen LogP contribution is 2.92. The predicted octanol–water partition coefficient (Wildman–Crippen LogP) is 3.89. The van der Waals surface area contributed by atoms with Crippen LogP contribution >= 0.6 is 0 Å². The second-order valence-corrected chi connectivity index (χ2v) is 9.31. The summed E-state index contributed by atoms with van der Waals surface area (Å²) in [7, 11) is 0. The topological polar surface area (TPSA) is 43.1 Å². The molecule has 6 atom stereocenters. The van der Waals surface area contributed by atoms with Crippen molar-refractivity contribution in [2.45, 2.75) is 51.4 Å². The van der Waals surface area contributed by atoms with E-state index in [0.29, 0.717) is 0 Å². The van der Waals surface area contributed by atoms with Crippen molar-refractivity contribution in [1.29, 1.82) is 0 Å². The van der Waals surface area contributed by atoms with E-state index in [1.54, 1.807) is 0 Å². The summed E-state index contributed by atoms with van der Waals surface area (Å²) in [5, 5.41) is 0. The van der Waals surface area contributed by atoms with E-state index in [9.17, 15) is 4.79 Å². The minimum atomic E-state index is -0.177. The lowest BCUT2D eigenvalue weighted by Crippen LogP contribution is -2.80. The third kappa shape index (κ3) is 1.26. The number of hydrogen-bond acceptors (Lipinski definition) is 1. The molecular formula is C21H27NO. The first-order valence-electron chi connectivity index (χ1n) is 9.32. The molecule has 5 rings (SSSR count). The van der Waals surface area contributed by atoms with E-state index in [4.69, 9.17) is 5.73 Å². The van der Waals surface area contributed by atoms with Crippen LogP contribution in [0.2, 0.25) is 0 Å². The number of nitrogens with two attached hydrogens (primary N) is 1. The number of primary amides is 1. The van der Waals surface area contributed by atoms with Crippen LogP contribution in [0.3, 0.4) is 0 Å². The van der Waals surface area contributed by atoms with Crippen LogP contribution in [-0.2, 0) is 10.2 Å². The number of amides is 1. The normalized spacial score (nSPS) is 48.7. The Morgan fingerprint density at radius 2 is 1.96 bits per heavy atom. The summed E-state index contributed by atoms with van der Waals surface area (Å²) in [5.41, 5.74) is 7.74. The van der Waals surface area contributed by atoms with E-state index < -0.39 is 0 Å². The smallest absolute Gasteiger partial charge is 0.224 e. The highest BCUT2D eigenvalue weighted by Gasteiger charge is 2.90. The van der Waals surface area contributed by atoms with E-state index in [1.807, 2.05) is 0 Å². The van der Waals surface area contributed by atoms with Crippen LogP contribution in [0.4, 0.5) is 0 Å². The minimum Gasteiger partial charge on any atom is -0.369 e. The van der Waals surface area contributed by atoms with Crippen molar-refractivity contribution in [1.82, 2.24) is 0 Å². The van der Waals surface area contributed by atoms with Crippen LogP contribution in [0.5, 0.6) is 0 Å². The van der Waals surface area contributed by atoms with Gasteiger partial charge < -0.3 is 5.73 Å². The Balaban J connectivity index is 1.60. The Bertz CT molecular complexity index is 682. The lowest BCUT2D eigenvalue weighted by Gasteiger charge is -2.80. The zero-order chi connectivity index (χ0) is 16.0. The summed E-state index contributed by atoms with van der Waals surface area (Å²) >= 11 is 0. The number of rotatable bonds is 4. The SMILES string of the molecule is CC(C)CC1C2CC3(C(N)=O)CC4(c5ccccc5)CC1C34C2. The molecule has 4 saturated carbocycles. The van der Waals surface area contributed by atoms with Gasteiger partial charge in [-0.05, 0) is 66.8 Å². The van der Waals surface area contributed by atoms with E-state index in [0.717, 1.165) is 36.5 Å². The Morgan fingerprint density at radius 3 is 2.61 bits per heavy atom. The number of carbonyl (C=O) groups is 1. The van der Waals surface area contributed by atoms with Crippen molar-refractivity contribution in [3.05, 3.63) is 35.9 Å². The number of fused-ring (bicyclic) bond motifs is 1. The fourth-order valence-electron chi connectivity index (χ4n) is 7.99. The molecule has 2 heteroatoms. The van der Waals surface area contributed by atoms with Gasteiger partial charge in [0.2, 0.25) is 5.91 Å². The molecule has 2 nitrogen and oxygen atoms in total. The second kappa shape index (κ2) is 4.02. The minimum absolute atomic E-state index is 0.000692. The molecule has 0 aromatic heterocycles. The molecule has 4 aliphatic carbocycles. The van der Waals surface area contributed by atoms with Gasteiger partial charge in [-0.15, -0.1) is 0 Å². The molecule has 1 amide bonds. The second-order valence-electron chi connectivity index (χ2n) is 9.31. The van der Waals surface area contributed by atoms with Crippen LogP contribution in [0.25, 0.3) is 0 Å². The van der Waals surface area contributed by atoms with Gasteiger partial charge in [0.1, 0.15) is 0 Å². The van der Waals surface area contributed by atoms with Gasteiger partial charge in [-0.1, -0.05) is 44.2 Å². The van der Waals surface area contributed by atoms with Gasteiger partial charge in [-0.3, -0.25) is 4.79 Å². The molecule has 4 aliphatic rings. The van der Waals surface area contributed by atoms with Crippen molar-refractivity contribution < 1.29 is 4.79 Å². The van der Waals surface area contributed by atoms with Gasteiger partial charge in [-0.25, -0.2) is 0 Å². The average Bonchev–Trinajstić information content (AvgIpc) is 2.97. The van der Waals surface area contributed by atoms with Crippen LogP contribution in [0, 0.1) is 34.5 Å². The van der Waals surface area contributed by atoms with Gasteiger partial charge in [-0.2, -0.15) is 0 Å². The molecule has 122 valence electrons. The number of carbonyl (C=O) groups excluding carboxylic acids is 1. The van der Waals surface area contributed by atoms with Gasteiger partial charge in [0.25, 0.3) is 0 Å². The monoisotopic (exact) mass is 309 g/mol. The van der Waals surface area contributed by atoms with E-state index >= 15 is 0 Å². The lowest BCUT2D eigenvalue weighted by atomic mass is 9.22. The van der Waals surface area contributed by atoms with Crippen molar-refractivity contribution in [3.63, 3.8) is 0 Å². The van der Waals surface area contributed by atoms with E-state index in [2.05, 4.69) is 44.2 Å². The molecular weight excluding hydrogens is 282 g/mol. The molecule has 0 heterocycles. The summed E-state index contributed by atoms with van der Waals surface area (Å²) in [5.74, 6) is 3.07. The quantitative estimate of drug-likeness (QED) is 0.901. The molecule has 23 heavy (non-hydrogen) atoms. The Kier molecular flexibility index (Phi) is 2.46. The third-order valence-electron chi connectivity index (χ3n) is 8.37. The van der Waals surface area contributed by atoms with Crippen LogP contribution in [0.15, 0.2) is 30.3 Å². The molecule has 0 radical (unpaired) electrons. The number of benzene rings is 1. The van der Waals surface area contributed by atoms with Gasteiger partial charge in [0.05, 0.1) is 5.41 Å². The summed E-state index contributed by atoms with van der Waals surface area (Å²) in [6.45, 7) is 4.68. The first kappa shape index (κ1) is 14.1. The fourth-order valence-corrected chi connectivity index (χ4v) is 7.99. The maximum atomic E-state index is 12.5. The average molecular weight is 309 g/mol. The Hall–Kier alpha value is -1.31. The molecule has 1 aromatic rings. The zero-order valence-corrected chi connectivity index (χ0v) is 14.2. The Labute approximate surface area is 138 Å². The molecule has 6 unspecified atom stereocenters. The van der Waals surface area contributed by atoms with Crippen molar-refractivity contribution in [2.24, 2.45) is 40.2 Å². The van der Waals surface area contributed by atoms with E-state index in [-0.39, 0.29) is 22.2 Å². The molecule has 4 fully saturated rings. The molecule has 2 bridgehead atoms. The van der Waals surface area contributed by atoms with Gasteiger partial charge in [0, 0.05) is 5.41 Å².